The molecule has 3 aliphatic rings. The van der Waals surface area contributed by atoms with Crippen molar-refractivity contribution in [1.82, 2.24) is 9.97 Å². The van der Waals surface area contributed by atoms with Crippen molar-refractivity contribution in [3.8, 4) is 11.1 Å². The fourth-order valence-corrected chi connectivity index (χ4v) is 5.33. The highest BCUT2D eigenvalue weighted by Crippen LogP contribution is 2.54. The lowest BCUT2D eigenvalue weighted by atomic mass is 9.83. The fourth-order valence-electron chi connectivity index (χ4n) is 5.33. The van der Waals surface area contributed by atoms with Gasteiger partial charge in [-0.05, 0) is 63.6 Å². The summed E-state index contributed by atoms with van der Waals surface area (Å²) in [4.78, 5) is 11.6. The molecule has 0 bridgehead atoms. The molecule has 2 aromatic heterocycles. The van der Waals surface area contributed by atoms with Crippen molar-refractivity contribution in [3.05, 3.63) is 101 Å². The van der Waals surface area contributed by atoms with Gasteiger partial charge < -0.3 is 4.90 Å². The monoisotopic (exact) mass is 359 g/mol. The first-order valence-electron chi connectivity index (χ1n) is 9.81. The Morgan fingerprint density at radius 3 is 2.71 bits per heavy atom. The third kappa shape index (κ3) is 1.74. The van der Waals surface area contributed by atoms with Gasteiger partial charge in [0.1, 0.15) is 0 Å². The van der Waals surface area contributed by atoms with Gasteiger partial charge in [-0.15, -0.1) is 0 Å². The second-order valence-electron chi connectivity index (χ2n) is 7.89. The maximum absolute atomic E-state index is 4.72. The number of benzene rings is 2. The first-order valence-corrected chi connectivity index (χ1v) is 9.81. The molecule has 0 saturated heterocycles. The highest BCUT2D eigenvalue weighted by Gasteiger charge is 2.36. The third-order valence-electron chi connectivity index (χ3n) is 6.40. The van der Waals surface area contributed by atoms with Gasteiger partial charge in [-0.3, -0.25) is 9.97 Å². The minimum absolute atomic E-state index is 0.902. The van der Waals surface area contributed by atoms with E-state index in [2.05, 4.69) is 52.3 Å². The van der Waals surface area contributed by atoms with E-state index >= 15 is 0 Å². The van der Waals surface area contributed by atoms with Crippen LogP contribution in [0.15, 0.2) is 67.1 Å². The average molecular weight is 359 g/mol. The maximum atomic E-state index is 4.72. The molecule has 28 heavy (non-hydrogen) atoms. The molecule has 0 fully saturated rings. The quantitative estimate of drug-likeness (QED) is 0.367. The third-order valence-corrected chi connectivity index (χ3v) is 6.40. The van der Waals surface area contributed by atoms with E-state index in [-0.39, 0.29) is 0 Å². The zero-order valence-electron chi connectivity index (χ0n) is 15.3. The highest BCUT2D eigenvalue weighted by atomic mass is 15.2. The van der Waals surface area contributed by atoms with Gasteiger partial charge in [0.2, 0.25) is 0 Å². The minimum atomic E-state index is 0.902. The molecule has 0 amide bonds. The summed E-state index contributed by atoms with van der Waals surface area (Å²) in [7, 11) is 0. The molecule has 0 spiro atoms. The molecule has 2 aliphatic heterocycles. The van der Waals surface area contributed by atoms with Gasteiger partial charge in [-0.2, -0.15) is 0 Å². The average Bonchev–Trinajstić information content (AvgIpc) is 3.11. The molecule has 3 nitrogen and oxygen atoms in total. The molecule has 0 unspecified atom stereocenters. The Labute approximate surface area is 163 Å². The molecule has 3 heteroatoms. The standard InChI is InChI=1S/C25H17N3/c1-2-5-19-15(4-1)10-16-11-17-13-21-23(6-3-8-27-21)28-22-7-9-26-14-18(22)12-20(24(16)19)25(17)28/h1-9,11,14H,10,12-13H2. The van der Waals surface area contributed by atoms with Gasteiger partial charge in [-0.1, -0.05) is 30.3 Å². The molecule has 0 radical (unpaired) electrons. The van der Waals surface area contributed by atoms with Gasteiger partial charge in [0, 0.05) is 31.4 Å². The normalized spacial score (nSPS) is 14.6. The van der Waals surface area contributed by atoms with Crippen LogP contribution in [0, 0.1) is 0 Å². The summed E-state index contributed by atoms with van der Waals surface area (Å²) in [6.45, 7) is 0. The van der Waals surface area contributed by atoms with Gasteiger partial charge in [0.15, 0.2) is 0 Å². The predicted molar refractivity (Wildman–Crippen MR) is 111 cm³/mol. The van der Waals surface area contributed by atoms with Crippen LogP contribution >= 0.6 is 0 Å². The lowest BCUT2D eigenvalue weighted by Crippen LogP contribution is -2.26. The lowest BCUT2D eigenvalue weighted by Gasteiger charge is -2.39. The highest BCUT2D eigenvalue weighted by molar-refractivity contribution is 5.95. The van der Waals surface area contributed by atoms with Crippen LogP contribution in [0.25, 0.3) is 11.1 Å². The largest absolute Gasteiger partial charge is 0.308 e. The summed E-state index contributed by atoms with van der Waals surface area (Å²) < 4.78 is 0. The Bertz CT molecular complexity index is 1290. The first-order chi connectivity index (χ1) is 13.9. The topological polar surface area (TPSA) is 29.0 Å². The predicted octanol–water partition coefficient (Wildman–Crippen LogP) is 5.33. The van der Waals surface area contributed by atoms with E-state index in [1.807, 2.05) is 24.7 Å². The van der Waals surface area contributed by atoms with Crippen molar-refractivity contribution in [2.24, 2.45) is 0 Å². The van der Waals surface area contributed by atoms with Crippen LogP contribution in [-0.2, 0) is 19.3 Å². The molecular formula is C25H17N3. The van der Waals surface area contributed by atoms with Crippen LogP contribution in [0.3, 0.4) is 0 Å². The summed E-state index contributed by atoms with van der Waals surface area (Å²) in [5, 5.41) is 0. The van der Waals surface area contributed by atoms with Crippen LogP contribution in [-0.4, -0.2) is 9.97 Å². The Morgan fingerprint density at radius 2 is 1.71 bits per heavy atom. The second-order valence-corrected chi connectivity index (χ2v) is 7.89. The van der Waals surface area contributed by atoms with Crippen molar-refractivity contribution in [2.45, 2.75) is 19.3 Å². The van der Waals surface area contributed by atoms with Crippen molar-refractivity contribution in [3.63, 3.8) is 0 Å². The number of aromatic nitrogens is 2. The number of hydrogen-bond donors (Lipinski definition) is 0. The Balaban J connectivity index is 1.60. The molecule has 0 N–H and O–H groups in total. The minimum Gasteiger partial charge on any atom is -0.308 e. The van der Waals surface area contributed by atoms with Crippen molar-refractivity contribution in [1.29, 1.82) is 0 Å². The Morgan fingerprint density at radius 1 is 0.750 bits per heavy atom. The summed E-state index contributed by atoms with van der Waals surface area (Å²) in [5.41, 5.74) is 14.9. The number of nitrogens with zero attached hydrogens (tertiary/aromatic N) is 3. The Kier molecular flexibility index (Phi) is 2.64. The van der Waals surface area contributed by atoms with Crippen molar-refractivity contribution < 1.29 is 0 Å². The second kappa shape index (κ2) is 5.08. The summed E-state index contributed by atoms with van der Waals surface area (Å²) >= 11 is 0. The zero-order chi connectivity index (χ0) is 18.2. The van der Waals surface area contributed by atoms with Crippen LogP contribution in [0.2, 0.25) is 0 Å². The van der Waals surface area contributed by atoms with E-state index in [9.17, 15) is 0 Å². The molecule has 7 rings (SSSR count). The molecule has 1 aliphatic carbocycles. The van der Waals surface area contributed by atoms with Crippen LogP contribution < -0.4 is 4.90 Å². The van der Waals surface area contributed by atoms with Gasteiger partial charge in [0.05, 0.1) is 22.8 Å². The van der Waals surface area contributed by atoms with Crippen molar-refractivity contribution in [2.75, 3.05) is 4.90 Å². The van der Waals surface area contributed by atoms with E-state index in [0.29, 0.717) is 0 Å². The van der Waals surface area contributed by atoms with Gasteiger partial charge in [0.25, 0.3) is 0 Å². The Hall–Kier alpha value is -3.46. The number of pyridine rings is 2. The SMILES string of the molecule is c1ccc2c(c1)Cc1cc3c4c(c1-2)Cc1cnccc1N4c1cccnc1C3. The van der Waals surface area contributed by atoms with E-state index in [1.54, 1.807) is 0 Å². The van der Waals surface area contributed by atoms with Gasteiger partial charge >= 0.3 is 0 Å². The summed E-state index contributed by atoms with van der Waals surface area (Å²) in [6, 6.07) is 17.7. The number of anilines is 3. The smallest absolute Gasteiger partial charge is 0.0688 e. The van der Waals surface area contributed by atoms with Crippen LogP contribution in [0.5, 0.6) is 0 Å². The lowest BCUT2D eigenvalue weighted by molar-refractivity contribution is 0.962. The van der Waals surface area contributed by atoms with E-state index in [0.717, 1.165) is 25.0 Å². The number of hydrogen-bond acceptors (Lipinski definition) is 3. The van der Waals surface area contributed by atoms with E-state index in [1.165, 1.54) is 56.0 Å². The molecule has 132 valence electrons. The molecular weight excluding hydrogens is 342 g/mol. The molecule has 4 heterocycles. The van der Waals surface area contributed by atoms with Crippen LogP contribution in [0.4, 0.5) is 17.1 Å². The summed E-state index contributed by atoms with van der Waals surface area (Å²) in [5.74, 6) is 0. The molecule has 0 saturated carbocycles. The molecule has 2 aromatic carbocycles. The molecule has 4 aromatic rings. The fraction of sp³-hybridized carbons (Fsp3) is 0.120. The van der Waals surface area contributed by atoms with Crippen LogP contribution in [0.1, 0.15) is 33.5 Å². The van der Waals surface area contributed by atoms with Gasteiger partial charge in [-0.25, -0.2) is 0 Å². The van der Waals surface area contributed by atoms with E-state index < -0.39 is 0 Å². The summed E-state index contributed by atoms with van der Waals surface area (Å²) in [6.07, 6.45) is 8.71. The van der Waals surface area contributed by atoms with Crippen molar-refractivity contribution >= 4 is 17.1 Å². The van der Waals surface area contributed by atoms with E-state index in [4.69, 9.17) is 4.98 Å². The number of rotatable bonds is 0. The molecule has 0 atom stereocenters. The first kappa shape index (κ1) is 14.6. The zero-order valence-corrected chi connectivity index (χ0v) is 15.3. The number of fused-ring (bicyclic) bond motifs is 8. The maximum Gasteiger partial charge on any atom is 0.0688 e.